The lowest BCUT2D eigenvalue weighted by Gasteiger charge is -2.20. The van der Waals surface area contributed by atoms with Crippen LogP contribution in [0.25, 0.3) is 0 Å². The van der Waals surface area contributed by atoms with Crippen LogP contribution in [0.2, 0.25) is 0 Å². The Hall–Kier alpha value is -2.42. The number of alkyl halides is 3. The second-order valence-electron chi connectivity index (χ2n) is 6.18. The van der Waals surface area contributed by atoms with E-state index in [1.807, 2.05) is 0 Å². The van der Waals surface area contributed by atoms with Gasteiger partial charge in [-0.2, -0.15) is 13.2 Å². The average Bonchev–Trinajstić information content (AvgIpc) is 2.89. The summed E-state index contributed by atoms with van der Waals surface area (Å²) < 4.78 is 50.5. The lowest BCUT2D eigenvalue weighted by Crippen LogP contribution is -2.32. The normalized spacial score (nSPS) is 22.7. The summed E-state index contributed by atoms with van der Waals surface area (Å²) in [5.74, 6) is -0.829. The number of pyridine rings is 1. The Morgan fingerprint density at radius 1 is 1.22 bits per heavy atom. The molecule has 0 saturated carbocycles. The number of benzene rings is 1. The minimum Gasteiger partial charge on any atom is -0.304 e. The Morgan fingerprint density at radius 3 is 2.52 bits per heavy atom. The van der Waals surface area contributed by atoms with Crippen LogP contribution in [0.1, 0.15) is 36.7 Å². The Morgan fingerprint density at radius 2 is 1.89 bits per heavy atom. The molecule has 1 aromatic heterocycles. The zero-order valence-corrected chi connectivity index (χ0v) is 15.2. The molecule has 1 saturated heterocycles. The number of aromatic nitrogens is 1. The topological polar surface area (TPSA) is 54.4 Å². The largest absolute Gasteiger partial charge is 0.433 e. The minimum absolute atomic E-state index is 0.187. The molecular weight excluding hydrogens is 382 g/mol. The molecule has 2 aromatic rings. The van der Waals surface area contributed by atoms with Gasteiger partial charge in [0.25, 0.3) is 0 Å². The van der Waals surface area contributed by atoms with Crippen LogP contribution in [-0.4, -0.2) is 16.1 Å². The monoisotopic (exact) mass is 397 g/mol. The van der Waals surface area contributed by atoms with Gasteiger partial charge < -0.3 is 5.32 Å². The number of halogens is 4. The Balaban J connectivity index is 1.87. The van der Waals surface area contributed by atoms with E-state index in [2.05, 4.69) is 15.3 Å². The second-order valence-corrected chi connectivity index (χ2v) is 7.59. The summed E-state index contributed by atoms with van der Waals surface area (Å²) in [5.41, 5.74) is -0.123. The number of hydrogen-bond acceptors (Lipinski definition) is 4. The number of aliphatic imine (C=N–C) groups is 1. The Kier molecular flexibility index (Phi) is 4.98. The zero-order chi connectivity index (χ0) is 19.8. The van der Waals surface area contributed by atoms with Crippen LogP contribution < -0.4 is 5.32 Å². The van der Waals surface area contributed by atoms with Crippen molar-refractivity contribution in [1.29, 1.82) is 0 Å². The van der Waals surface area contributed by atoms with Crippen molar-refractivity contribution >= 4 is 22.8 Å². The summed E-state index contributed by atoms with van der Waals surface area (Å²) in [6.07, 6.45) is -3.56. The highest BCUT2D eigenvalue weighted by molar-refractivity contribution is 8.15. The second kappa shape index (κ2) is 6.95. The molecule has 142 valence electrons. The first kappa shape index (κ1) is 19.3. The molecule has 0 radical (unpaired) electrons. The summed E-state index contributed by atoms with van der Waals surface area (Å²) in [6.45, 7) is 3.31. The molecule has 2 heterocycles. The molecule has 0 bridgehead atoms. The summed E-state index contributed by atoms with van der Waals surface area (Å²) in [5, 5.41) is 2.91. The van der Waals surface area contributed by atoms with Crippen molar-refractivity contribution in [2.75, 3.05) is 0 Å². The molecule has 0 spiro atoms. The predicted octanol–water partition coefficient (Wildman–Crippen LogP) is 4.43. The number of carbonyl (C=O) groups excluding carboxylic acids is 1. The van der Waals surface area contributed by atoms with Crippen molar-refractivity contribution in [3.05, 3.63) is 65.2 Å². The van der Waals surface area contributed by atoms with Gasteiger partial charge in [0, 0.05) is 6.20 Å². The highest BCUT2D eigenvalue weighted by atomic mass is 32.2. The number of nitrogens with one attached hydrogen (secondary N) is 1. The van der Waals surface area contributed by atoms with Crippen molar-refractivity contribution in [1.82, 2.24) is 10.3 Å². The molecule has 1 N–H and O–H groups in total. The fourth-order valence-electron chi connectivity index (χ4n) is 2.60. The predicted molar refractivity (Wildman–Crippen MR) is 94.6 cm³/mol. The lowest BCUT2D eigenvalue weighted by molar-refractivity contribution is -0.141. The third kappa shape index (κ3) is 3.97. The van der Waals surface area contributed by atoms with Crippen LogP contribution in [0.5, 0.6) is 0 Å². The van der Waals surface area contributed by atoms with Gasteiger partial charge in [-0.1, -0.05) is 23.9 Å². The van der Waals surface area contributed by atoms with Crippen LogP contribution in [0, 0.1) is 5.82 Å². The lowest BCUT2D eigenvalue weighted by atomic mass is 9.99. The van der Waals surface area contributed by atoms with Crippen LogP contribution in [0.4, 0.5) is 17.6 Å². The highest BCUT2D eigenvalue weighted by Gasteiger charge is 2.45. The first-order chi connectivity index (χ1) is 12.6. The van der Waals surface area contributed by atoms with Crippen LogP contribution in [-0.2, 0) is 15.7 Å². The Bertz CT molecular complexity index is 898. The quantitative estimate of drug-likeness (QED) is 0.780. The SMILES string of the molecule is C[C@H](N=C1NC(=O)C(C)(c2ccnc(C(F)(F)F)c2)S1)c1ccc(F)cc1. The van der Waals surface area contributed by atoms with Crippen LogP contribution in [0.15, 0.2) is 47.6 Å². The molecule has 2 atom stereocenters. The van der Waals surface area contributed by atoms with Crippen molar-refractivity contribution in [3.8, 4) is 0 Å². The van der Waals surface area contributed by atoms with E-state index in [0.717, 1.165) is 29.6 Å². The van der Waals surface area contributed by atoms with Gasteiger partial charge in [0.2, 0.25) is 5.91 Å². The van der Waals surface area contributed by atoms with Gasteiger partial charge in [-0.05, 0) is 49.2 Å². The third-order valence-corrected chi connectivity index (χ3v) is 5.45. The summed E-state index contributed by atoms with van der Waals surface area (Å²) >= 11 is 1.04. The van der Waals surface area contributed by atoms with Crippen molar-refractivity contribution in [2.45, 2.75) is 30.8 Å². The molecule has 3 rings (SSSR count). The molecule has 1 aliphatic rings. The molecule has 1 aliphatic heterocycles. The van der Waals surface area contributed by atoms with Gasteiger partial charge in [-0.15, -0.1) is 0 Å². The van der Waals surface area contributed by atoms with E-state index in [1.54, 1.807) is 19.1 Å². The van der Waals surface area contributed by atoms with Gasteiger partial charge in [0.05, 0.1) is 6.04 Å². The third-order valence-electron chi connectivity index (χ3n) is 4.22. The van der Waals surface area contributed by atoms with Gasteiger partial charge >= 0.3 is 6.18 Å². The van der Waals surface area contributed by atoms with Gasteiger partial charge in [-0.3, -0.25) is 14.8 Å². The molecule has 27 heavy (non-hydrogen) atoms. The zero-order valence-electron chi connectivity index (χ0n) is 14.3. The number of amidine groups is 1. The molecule has 1 fully saturated rings. The standard InChI is InChI=1S/C18H15F4N3OS/c1-10(11-3-5-13(19)6-4-11)24-16-25-15(26)17(2,27-16)12-7-8-23-14(9-12)18(20,21)22/h3-10H,1-2H3,(H,24,25,26)/t10-,17?/m0/s1. The Labute approximate surface area is 157 Å². The number of rotatable bonds is 3. The van der Waals surface area contributed by atoms with E-state index in [9.17, 15) is 22.4 Å². The van der Waals surface area contributed by atoms with E-state index in [0.29, 0.717) is 5.17 Å². The van der Waals surface area contributed by atoms with Crippen LogP contribution >= 0.6 is 11.8 Å². The molecule has 4 nitrogen and oxygen atoms in total. The van der Waals surface area contributed by atoms with Crippen molar-refractivity contribution in [2.24, 2.45) is 4.99 Å². The number of carbonyl (C=O) groups is 1. The fourth-order valence-corrected chi connectivity index (χ4v) is 3.73. The van der Waals surface area contributed by atoms with E-state index in [-0.39, 0.29) is 17.4 Å². The molecule has 1 aromatic carbocycles. The van der Waals surface area contributed by atoms with Crippen LogP contribution in [0.3, 0.4) is 0 Å². The molecule has 1 unspecified atom stereocenters. The van der Waals surface area contributed by atoms with E-state index in [1.165, 1.54) is 25.1 Å². The maximum atomic E-state index is 13.0. The van der Waals surface area contributed by atoms with E-state index < -0.39 is 22.5 Å². The maximum absolute atomic E-state index is 13.0. The summed E-state index contributed by atoms with van der Waals surface area (Å²) in [6, 6.07) is 7.69. The van der Waals surface area contributed by atoms with Gasteiger partial charge in [-0.25, -0.2) is 4.39 Å². The van der Waals surface area contributed by atoms with Crippen molar-refractivity contribution < 1.29 is 22.4 Å². The fraction of sp³-hybridized carbons (Fsp3) is 0.278. The smallest absolute Gasteiger partial charge is 0.304 e. The molecule has 9 heteroatoms. The minimum atomic E-state index is -4.60. The van der Waals surface area contributed by atoms with Gasteiger partial charge in [0.15, 0.2) is 5.17 Å². The number of amides is 1. The van der Waals surface area contributed by atoms with E-state index >= 15 is 0 Å². The number of thioether (sulfide) groups is 1. The average molecular weight is 397 g/mol. The highest BCUT2D eigenvalue weighted by Crippen LogP contribution is 2.43. The molecular formula is C18H15F4N3OS. The first-order valence-electron chi connectivity index (χ1n) is 7.97. The number of hydrogen-bond donors (Lipinski definition) is 1. The van der Waals surface area contributed by atoms with Gasteiger partial charge in [0.1, 0.15) is 16.3 Å². The summed E-state index contributed by atoms with van der Waals surface area (Å²) in [7, 11) is 0. The maximum Gasteiger partial charge on any atom is 0.433 e. The summed E-state index contributed by atoms with van der Waals surface area (Å²) in [4.78, 5) is 20.2. The van der Waals surface area contributed by atoms with Crippen molar-refractivity contribution in [3.63, 3.8) is 0 Å². The first-order valence-corrected chi connectivity index (χ1v) is 8.79. The molecule has 1 amide bonds. The molecule has 0 aliphatic carbocycles. The van der Waals surface area contributed by atoms with E-state index in [4.69, 9.17) is 0 Å². The number of nitrogens with zero attached hydrogens (tertiary/aromatic N) is 2.